The van der Waals surface area contributed by atoms with Crippen LogP contribution in [-0.4, -0.2) is 27.8 Å². The average molecular weight is 262 g/mol. The Hall–Kier alpha value is -0.900. The molecule has 2 aliphatic carbocycles. The quantitative estimate of drug-likeness (QED) is 0.802. The van der Waals surface area contributed by atoms with Crippen molar-refractivity contribution in [3.8, 4) is 0 Å². The number of H-pyrrole nitrogens is 1. The summed E-state index contributed by atoms with van der Waals surface area (Å²) in [6.45, 7) is 8.47. The van der Waals surface area contributed by atoms with E-state index in [9.17, 15) is 0 Å². The van der Waals surface area contributed by atoms with Gasteiger partial charge in [-0.3, -0.25) is 5.10 Å². The van der Waals surface area contributed by atoms with Crippen LogP contribution in [0.3, 0.4) is 0 Å². The van der Waals surface area contributed by atoms with Gasteiger partial charge in [0.15, 0.2) is 0 Å². The summed E-state index contributed by atoms with van der Waals surface area (Å²) in [7, 11) is 0. The van der Waals surface area contributed by atoms with Crippen LogP contribution in [0, 0.1) is 16.7 Å². The van der Waals surface area contributed by atoms with Gasteiger partial charge in [-0.15, -0.1) is 0 Å². The number of hydrogen-bond donors (Lipinski definition) is 2. The number of aromatic nitrogens is 3. The molecule has 0 radical (unpaired) electrons. The van der Waals surface area contributed by atoms with Crippen molar-refractivity contribution in [3.63, 3.8) is 0 Å². The maximum Gasteiger partial charge on any atom is 0.137 e. The largest absolute Gasteiger partial charge is 0.313 e. The molecule has 2 N–H and O–H groups in total. The summed E-state index contributed by atoms with van der Waals surface area (Å²) in [5, 5.41) is 10.7. The van der Waals surface area contributed by atoms with Crippen LogP contribution in [0.1, 0.15) is 52.3 Å². The number of aromatic amines is 1. The first-order valence-electron chi connectivity index (χ1n) is 7.60. The van der Waals surface area contributed by atoms with Crippen molar-refractivity contribution in [1.29, 1.82) is 0 Å². The molecule has 0 saturated heterocycles. The summed E-state index contributed by atoms with van der Waals surface area (Å²) in [5.41, 5.74) is 0.986. The normalized spacial score (nSPS) is 35.9. The summed E-state index contributed by atoms with van der Waals surface area (Å²) in [6, 6.07) is 0.675. The van der Waals surface area contributed by atoms with Crippen molar-refractivity contribution < 1.29 is 0 Å². The molecule has 1 heterocycles. The van der Waals surface area contributed by atoms with E-state index in [1.807, 2.05) is 0 Å². The number of rotatable bonds is 5. The van der Waals surface area contributed by atoms with Gasteiger partial charge in [-0.1, -0.05) is 20.8 Å². The summed E-state index contributed by atoms with van der Waals surface area (Å²) in [6.07, 6.45) is 7.95. The molecular weight excluding hydrogens is 236 g/mol. The molecule has 0 amide bonds. The van der Waals surface area contributed by atoms with Gasteiger partial charge in [-0.2, -0.15) is 5.10 Å². The molecule has 2 saturated carbocycles. The maximum absolute atomic E-state index is 4.17. The molecule has 0 aliphatic heterocycles. The van der Waals surface area contributed by atoms with E-state index < -0.39 is 0 Å². The highest BCUT2D eigenvalue weighted by molar-refractivity contribution is 5.11. The number of nitrogens with zero attached hydrogens (tertiary/aromatic N) is 2. The van der Waals surface area contributed by atoms with Gasteiger partial charge >= 0.3 is 0 Å². The van der Waals surface area contributed by atoms with Crippen molar-refractivity contribution in [2.75, 3.05) is 6.54 Å². The molecular formula is C15H26N4. The molecule has 3 unspecified atom stereocenters. The summed E-state index contributed by atoms with van der Waals surface area (Å²) in [5.74, 6) is 1.92. The molecule has 3 atom stereocenters. The minimum Gasteiger partial charge on any atom is -0.313 e. The van der Waals surface area contributed by atoms with Crippen LogP contribution < -0.4 is 5.32 Å². The van der Waals surface area contributed by atoms with Crippen LogP contribution in [0.25, 0.3) is 0 Å². The molecule has 0 aromatic carbocycles. The van der Waals surface area contributed by atoms with Gasteiger partial charge in [0.2, 0.25) is 0 Å². The average Bonchev–Trinajstić information content (AvgIpc) is 3.01. The highest BCUT2D eigenvalue weighted by Gasteiger charge is 2.58. The first kappa shape index (κ1) is 13.1. The number of nitrogens with one attached hydrogen (secondary N) is 2. The molecule has 0 spiro atoms. The lowest BCUT2D eigenvalue weighted by Crippen LogP contribution is -2.50. The van der Waals surface area contributed by atoms with Crippen molar-refractivity contribution in [2.45, 2.75) is 58.9 Å². The highest BCUT2D eigenvalue weighted by atomic mass is 15.2. The minimum atomic E-state index is 0.458. The third kappa shape index (κ3) is 2.20. The Morgan fingerprint density at radius 1 is 1.42 bits per heavy atom. The van der Waals surface area contributed by atoms with E-state index >= 15 is 0 Å². The molecule has 2 bridgehead atoms. The van der Waals surface area contributed by atoms with Crippen LogP contribution in [0.5, 0.6) is 0 Å². The lowest BCUT2D eigenvalue weighted by Gasteiger charge is -2.43. The van der Waals surface area contributed by atoms with Crippen molar-refractivity contribution in [2.24, 2.45) is 16.7 Å². The lowest BCUT2D eigenvalue weighted by atomic mass is 9.68. The summed E-state index contributed by atoms with van der Waals surface area (Å²) >= 11 is 0. The van der Waals surface area contributed by atoms with Gasteiger partial charge in [-0.05, 0) is 49.0 Å². The smallest absolute Gasteiger partial charge is 0.137 e. The second-order valence-electron chi connectivity index (χ2n) is 7.34. The molecule has 4 nitrogen and oxygen atoms in total. The van der Waals surface area contributed by atoms with Gasteiger partial charge in [0.1, 0.15) is 12.2 Å². The first-order chi connectivity index (χ1) is 9.02. The minimum absolute atomic E-state index is 0.458. The molecule has 3 rings (SSSR count). The second-order valence-corrected chi connectivity index (χ2v) is 7.34. The molecule has 1 aromatic heterocycles. The lowest BCUT2D eigenvalue weighted by molar-refractivity contribution is 0.109. The van der Waals surface area contributed by atoms with Crippen LogP contribution >= 0.6 is 0 Å². The Morgan fingerprint density at radius 2 is 2.26 bits per heavy atom. The van der Waals surface area contributed by atoms with E-state index in [0.717, 1.165) is 31.1 Å². The summed E-state index contributed by atoms with van der Waals surface area (Å²) < 4.78 is 0. The molecule has 106 valence electrons. The Morgan fingerprint density at radius 3 is 2.89 bits per heavy atom. The molecule has 2 aliphatic rings. The first-order valence-corrected chi connectivity index (χ1v) is 7.60. The standard InChI is InChI=1S/C15H26N4/c1-14(2)11-6-7-15(3,9-11)13(14)16-8-4-5-12-17-10-18-19-12/h10-11,13,16H,4-9H2,1-3H3,(H,17,18,19). The van der Waals surface area contributed by atoms with Crippen LogP contribution in [-0.2, 0) is 6.42 Å². The van der Waals surface area contributed by atoms with E-state index in [2.05, 4.69) is 41.3 Å². The van der Waals surface area contributed by atoms with E-state index in [0.29, 0.717) is 16.9 Å². The fraction of sp³-hybridized carbons (Fsp3) is 0.867. The van der Waals surface area contributed by atoms with Crippen LogP contribution in [0.4, 0.5) is 0 Å². The Kier molecular flexibility index (Phi) is 3.16. The number of hydrogen-bond acceptors (Lipinski definition) is 3. The van der Waals surface area contributed by atoms with E-state index in [-0.39, 0.29) is 0 Å². The zero-order valence-corrected chi connectivity index (χ0v) is 12.4. The Labute approximate surface area is 115 Å². The highest BCUT2D eigenvalue weighted by Crippen LogP contribution is 2.62. The van der Waals surface area contributed by atoms with Gasteiger partial charge in [0.05, 0.1) is 0 Å². The van der Waals surface area contributed by atoms with E-state index in [4.69, 9.17) is 0 Å². The van der Waals surface area contributed by atoms with Crippen molar-refractivity contribution >= 4 is 0 Å². The molecule has 2 fully saturated rings. The third-order valence-electron chi connectivity index (χ3n) is 5.67. The number of fused-ring (bicyclic) bond motifs is 2. The van der Waals surface area contributed by atoms with E-state index in [1.54, 1.807) is 6.33 Å². The predicted molar refractivity (Wildman–Crippen MR) is 75.7 cm³/mol. The van der Waals surface area contributed by atoms with Crippen LogP contribution in [0.15, 0.2) is 6.33 Å². The number of aryl methyl sites for hydroxylation is 1. The van der Waals surface area contributed by atoms with Crippen LogP contribution in [0.2, 0.25) is 0 Å². The molecule has 19 heavy (non-hydrogen) atoms. The third-order valence-corrected chi connectivity index (χ3v) is 5.67. The Balaban J connectivity index is 1.52. The van der Waals surface area contributed by atoms with E-state index in [1.165, 1.54) is 19.3 Å². The molecule has 1 aromatic rings. The van der Waals surface area contributed by atoms with Crippen molar-refractivity contribution in [3.05, 3.63) is 12.2 Å². The molecule has 4 heteroatoms. The Bertz CT molecular complexity index is 421. The van der Waals surface area contributed by atoms with Gasteiger partial charge in [0, 0.05) is 12.5 Å². The monoisotopic (exact) mass is 262 g/mol. The zero-order valence-electron chi connectivity index (χ0n) is 12.4. The fourth-order valence-corrected chi connectivity index (χ4v) is 4.66. The van der Waals surface area contributed by atoms with Gasteiger partial charge in [-0.25, -0.2) is 4.98 Å². The maximum atomic E-state index is 4.17. The SMILES string of the molecule is CC12CCC(C1)C(C)(C)C2NCCCc1ncn[nH]1. The van der Waals surface area contributed by atoms with Gasteiger partial charge < -0.3 is 5.32 Å². The topological polar surface area (TPSA) is 53.6 Å². The second kappa shape index (κ2) is 4.58. The zero-order chi connectivity index (χ0) is 13.5. The summed E-state index contributed by atoms with van der Waals surface area (Å²) in [4.78, 5) is 4.17. The van der Waals surface area contributed by atoms with Gasteiger partial charge in [0.25, 0.3) is 0 Å². The predicted octanol–water partition coefficient (Wildman–Crippen LogP) is 2.54. The fourth-order valence-electron chi connectivity index (χ4n) is 4.66. The van der Waals surface area contributed by atoms with Crippen molar-refractivity contribution in [1.82, 2.24) is 20.5 Å².